The lowest BCUT2D eigenvalue weighted by molar-refractivity contribution is -0.147. The molecule has 0 bridgehead atoms. The molecule has 46 heavy (non-hydrogen) atoms. The highest BCUT2D eigenvalue weighted by Crippen LogP contribution is 2.28. The van der Waals surface area contributed by atoms with Crippen LogP contribution in [0.3, 0.4) is 0 Å². The van der Waals surface area contributed by atoms with Crippen molar-refractivity contribution < 1.29 is 59.1 Å². The molecule has 0 aromatic rings. The number of hydrogen-bond acceptors (Lipinski definition) is 11. The zero-order valence-corrected chi connectivity index (χ0v) is 28.4. The molecule has 0 amide bonds. The molecule has 0 radical (unpaired) electrons. The minimum atomic E-state index is -1.42. The third-order valence-electron chi connectivity index (χ3n) is 6.69. The summed E-state index contributed by atoms with van der Waals surface area (Å²) in [6.45, 7) is 3.11. The summed E-state index contributed by atoms with van der Waals surface area (Å²) in [6, 6.07) is -1.55. The van der Waals surface area contributed by atoms with E-state index in [0.717, 1.165) is 63.7 Å². The third-order valence-corrected chi connectivity index (χ3v) is 7.37. The lowest BCUT2D eigenvalue weighted by atomic mass is 10.0. The fraction of sp³-hybridized carbons (Fsp3) is 0.700. The van der Waals surface area contributed by atoms with Crippen molar-refractivity contribution in [1.29, 1.82) is 0 Å². The van der Waals surface area contributed by atoms with Crippen LogP contribution in [0.4, 0.5) is 0 Å². The molecule has 0 aliphatic heterocycles. The topological polar surface area (TPSA) is 273 Å². The Kier molecular flexibility index (Phi) is 30.4. The number of thiol groups is 2. The summed E-state index contributed by atoms with van der Waals surface area (Å²) in [5.41, 5.74) is 10.4. The van der Waals surface area contributed by atoms with E-state index in [0.29, 0.717) is 11.4 Å². The van der Waals surface area contributed by atoms with E-state index in [1.807, 2.05) is 0 Å². The van der Waals surface area contributed by atoms with Crippen molar-refractivity contribution in [2.24, 2.45) is 23.3 Å². The Bertz CT molecular complexity index is 977. The molecule has 0 aromatic carbocycles. The molecule has 3 rings (SSSR count). The Labute approximate surface area is 281 Å². The van der Waals surface area contributed by atoms with Gasteiger partial charge in [-0.25, -0.2) is 9.59 Å². The van der Waals surface area contributed by atoms with E-state index in [2.05, 4.69) is 25.3 Å². The van der Waals surface area contributed by atoms with Gasteiger partial charge in [-0.2, -0.15) is 25.3 Å². The van der Waals surface area contributed by atoms with Crippen molar-refractivity contribution in [2.45, 2.75) is 109 Å². The summed E-state index contributed by atoms with van der Waals surface area (Å²) in [4.78, 5) is 69.6. The first-order valence-corrected chi connectivity index (χ1v) is 16.3. The van der Waals surface area contributed by atoms with Crippen LogP contribution < -0.4 is 11.5 Å². The maximum Gasteiger partial charge on any atom is 0.373 e. The number of carbonyl (C=O) groups excluding carboxylic acids is 2. The van der Waals surface area contributed by atoms with E-state index in [1.165, 1.54) is 32.6 Å². The first-order chi connectivity index (χ1) is 21.4. The van der Waals surface area contributed by atoms with E-state index < -0.39 is 47.7 Å². The summed E-state index contributed by atoms with van der Waals surface area (Å²) in [5, 5.41) is 40.4. The van der Waals surface area contributed by atoms with Crippen LogP contribution in [-0.4, -0.2) is 90.5 Å². The monoisotopic (exact) mass is 696 g/mol. The quantitative estimate of drug-likeness (QED) is 0.117. The summed E-state index contributed by atoms with van der Waals surface area (Å²) < 4.78 is 0. The minimum absolute atomic E-state index is 0.0185. The summed E-state index contributed by atoms with van der Waals surface area (Å²) in [7, 11) is 0. The van der Waals surface area contributed by atoms with Crippen LogP contribution in [-0.2, 0) is 33.6 Å². The largest absolute Gasteiger partial charge is 0.481 e. The Balaban J connectivity index is -0.000000487. The maximum atomic E-state index is 10.6. The first-order valence-electron chi connectivity index (χ1n) is 15.0. The molecule has 0 unspecified atom stereocenters. The maximum absolute atomic E-state index is 10.6. The number of allylic oxidation sites excluding steroid dienone is 1. The number of hydrogen-bond donors (Lipinski definition) is 9. The molecule has 2 atom stereocenters. The molecule has 9 N–H and O–H groups in total. The van der Waals surface area contributed by atoms with Crippen LogP contribution in [0.15, 0.2) is 11.6 Å². The van der Waals surface area contributed by atoms with Gasteiger partial charge >= 0.3 is 29.8 Å². The van der Waals surface area contributed by atoms with Gasteiger partial charge in [0, 0.05) is 17.7 Å². The van der Waals surface area contributed by atoms with Crippen LogP contribution in [0.25, 0.3) is 0 Å². The van der Waals surface area contributed by atoms with Gasteiger partial charge in [-0.15, -0.1) is 0 Å². The van der Waals surface area contributed by atoms with E-state index in [-0.39, 0.29) is 17.4 Å². The molecule has 266 valence electrons. The predicted molar refractivity (Wildman–Crippen MR) is 178 cm³/mol. The van der Waals surface area contributed by atoms with Crippen molar-refractivity contribution in [3.8, 4) is 0 Å². The van der Waals surface area contributed by atoms with E-state index >= 15 is 0 Å². The second-order valence-electron chi connectivity index (χ2n) is 10.8. The van der Waals surface area contributed by atoms with Crippen LogP contribution in [0.2, 0.25) is 0 Å². The lowest BCUT2D eigenvalue weighted by Gasteiger charge is -2.04. The van der Waals surface area contributed by atoms with Gasteiger partial charge in [0.25, 0.3) is 0 Å². The van der Waals surface area contributed by atoms with E-state index in [4.69, 9.17) is 37.0 Å². The number of ketones is 2. The second kappa shape index (κ2) is 29.5. The zero-order chi connectivity index (χ0) is 36.2. The van der Waals surface area contributed by atoms with E-state index in [1.54, 1.807) is 13.0 Å². The van der Waals surface area contributed by atoms with Gasteiger partial charge < -0.3 is 41.8 Å². The Morgan fingerprint density at radius 2 is 1.30 bits per heavy atom. The van der Waals surface area contributed by atoms with Gasteiger partial charge in [-0.1, -0.05) is 44.6 Å². The molecule has 3 aliphatic rings. The van der Waals surface area contributed by atoms with Crippen LogP contribution in [0.5, 0.6) is 0 Å². The molecular formula is C30H52N2O12S2. The van der Waals surface area contributed by atoms with Crippen molar-refractivity contribution in [3.63, 3.8) is 0 Å². The van der Waals surface area contributed by atoms with Gasteiger partial charge in [0.1, 0.15) is 17.9 Å². The fourth-order valence-electron chi connectivity index (χ4n) is 3.89. The molecule has 14 nitrogen and oxygen atoms in total. The second-order valence-corrected chi connectivity index (χ2v) is 11.5. The molecule has 3 aliphatic carbocycles. The molecular weight excluding hydrogens is 644 g/mol. The Hall–Kier alpha value is -2.95. The summed E-state index contributed by atoms with van der Waals surface area (Å²) in [6.07, 6.45) is 16.0. The van der Waals surface area contributed by atoms with Gasteiger partial charge in [0.15, 0.2) is 0 Å². The SMILES string of the molecule is CC(=O)CCC1CCCC1.C[C@H](N)C(=O)O.N[C@@H](CS)C(=O)O.O=C(O)C(=O)CS.O=C(O)C1=CCCC1.O=C(O)C1CCCC1. The number of carboxylic acid groups (broad SMARTS) is 5. The van der Waals surface area contributed by atoms with Crippen LogP contribution in [0, 0.1) is 11.8 Å². The molecule has 2 saturated carbocycles. The normalized spacial score (nSPS) is 16.3. The molecule has 0 spiro atoms. The smallest absolute Gasteiger partial charge is 0.373 e. The highest BCUT2D eigenvalue weighted by molar-refractivity contribution is 7.81. The molecule has 2 fully saturated rings. The average molecular weight is 697 g/mol. The van der Waals surface area contributed by atoms with Crippen molar-refractivity contribution in [1.82, 2.24) is 0 Å². The Morgan fingerprint density at radius 1 is 0.826 bits per heavy atom. The van der Waals surface area contributed by atoms with Gasteiger partial charge in [0.05, 0.1) is 11.7 Å². The third kappa shape index (κ3) is 29.7. The van der Waals surface area contributed by atoms with Crippen LogP contribution in [0.1, 0.15) is 97.3 Å². The zero-order valence-electron chi connectivity index (χ0n) is 26.6. The average Bonchev–Trinajstić information content (AvgIpc) is 3.80. The Morgan fingerprint density at radius 3 is 1.50 bits per heavy atom. The van der Waals surface area contributed by atoms with Gasteiger partial charge in [-0.05, 0) is 58.3 Å². The number of aliphatic carboxylic acids is 5. The highest BCUT2D eigenvalue weighted by atomic mass is 32.1. The minimum Gasteiger partial charge on any atom is -0.481 e. The number of carboxylic acids is 5. The molecule has 0 aromatic heterocycles. The van der Waals surface area contributed by atoms with Crippen LogP contribution >= 0.6 is 25.3 Å². The van der Waals surface area contributed by atoms with Gasteiger partial charge in [0.2, 0.25) is 5.78 Å². The standard InChI is InChI=1S/C9H16O.C6H10O2.C6H8O2.C3H7NO2S.C3H7NO2.C3H4O3S/c1-8(10)6-7-9-4-2-3-5-9;2*7-6(8)5-3-1-2-4-5;4-2(1-7)3(5)6;1-2(4)3(5)6;4-2(1-7)3(5)6/h9H,2-7H2,1H3;5H,1-4H2,(H,7,8);3H,1-2,4H2,(H,7,8);2,7H,1,4H2,(H,5,6);2H,4H2,1H3,(H,5,6);7H,1H2,(H,5,6)/t;;;2*2-;/m...00./s1. The molecule has 16 heteroatoms. The number of Topliss-reactive ketones (excluding diaryl/α,β-unsaturated/α-hetero) is 2. The van der Waals surface area contributed by atoms with Gasteiger partial charge in [-0.3, -0.25) is 19.2 Å². The van der Waals surface area contributed by atoms with E-state index in [9.17, 15) is 33.6 Å². The number of carbonyl (C=O) groups is 7. The van der Waals surface area contributed by atoms with Crippen molar-refractivity contribution in [2.75, 3.05) is 11.5 Å². The highest BCUT2D eigenvalue weighted by Gasteiger charge is 2.21. The number of rotatable bonds is 10. The fourth-order valence-corrected chi connectivity index (χ4v) is 4.18. The number of nitrogens with two attached hydrogens (primary N) is 2. The predicted octanol–water partition coefficient (Wildman–Crippen LogP) is 3.30. The molecule has 0 saturated heterocycles. The summed E-state index contributed by atoms with van der Waals surface area (Å²) >= 11 is 7.07. The van der Waals surface area contributed by atoms with Crippen molar-refractivity contribution >= 4 is 66.7 Å². The lowest BCUT2D eigenvalue weighted by Crippen LogP contribution is -2.31. The first kappa shape index (κ1) is 47.5. The summed E-state index contributed by atoms with van der Waals surface area (Å²) in [5.74, 6) is -4.44. The molecule has 0 heterocycles. The van der Waals surface area contributed by atoms with Crippen molar-refractivity contribution in [3.05, 3.63) is 11.6 Å².